The van der Waals surface area contributed by atoms with Gasteiger partial charge in [0.15, 0.2) is 0 Å². The third-order valence-corrected chi connectivity index (χ3v) is 6.67. The van der Waals surface area contributed by atoms with Gasteiger partial charge in [-0.15, -0.1) is 0 Å². The zero-order valence-corrected chi connectivity index (χ0v) is 21.0. The minimum absolute atomic E-state index is 0.180. The Morgan fingerprint density at radius 1 is 1.16 bits per heavy atom. The summed E-state index contributed by atoms with van der Waals surface area (Å²) in [5.41, 5.74) is 7.26. The van der Waals surface area contributed by atoms with Crippen LogP contribution in [0.15, 0.2) is 36.4 Å². The number of carbonyl (C=O) groups excluding carboxylic acids is 1. The second kappa shape index (κ2) is 9.97. The van der Waals surface area contributed by atoms with Crippen LogP contribution in [-0.2, 0) is 10.2 Å². The third-order valence-electron chi connectivity index (χ3n) is 6.67. The first-order valence-corrected chi connectivity index (χ1v) is 12.2. The first-order chi connectivity index (χ1) is 15.2. The van der Waals surface area contributed by atoms with Crippen LogP contribution >= 0.6 is 0 Å². The Morgan fingerprint density at radius 3 is 2.44 bits per heavy atom. The molecule has 0 amide bonds. The fourth-order valence-electron chi connectivity index (χ4n) is 4.64. The topological polar surface area (TPSA) is 32.8 Å². The lowest BCUT2D eigenvalue weighted by atomic mass is 9.76. The fourth-order valence-corrected chi connectivity index (χ4v) is 4.64. The molecule has 0 aromatic heterocycles. The maximum absolute atomic E-state index is 12.1. The van der Waals surface area contributed by atoms with Gasteiger partial charge in [-0.2, -0.15) is 0 Å². The average molecular weight is 437 g/mol. The zero-order chi connectivity index (χ0) is 23.5. The molecule has 0 aliphatic carbocycles. The van der Waals surface area contributed by atoms with Crippen molar-refractivity contribution in [3.8, 4) is 0 Å². The molecule has 1 heterocycles. The summed E-state index contributed by atoms with van der Waals surface area (Å²) >= 11 is 0. The van der Waals surface area contributed by atoms with Gasteiger partial charge in [0, 0.05) is 36.2 Å². The highest BCUT2D eigenvalue weighted by atomic mass is 16.5. The predicted octanol–water partition coefficient (Wildman–Crippen LogP) is 7.01. The van der Waals surface area contributed by atoms with E-state index in [0.717, 1.165) is 31.6 Å². The van der Waals surface area contributed by atoms with E-state index in [1.54, 1.807) is 0 Å². The SMILES string of the molecule is CCCCN(c1ccc(C(=O)OCC)cc1)c1cc2c(cc1C)C(C)(C)CCN2C(C)C. The van der Waals surface area contributed by atoms with Crippen LogP contribution in [-0.4, -0.2) is 31.7 Å². The molecule has 2 aromatic rings. The van der Waals surface area contributed by atoms with Crippen molar-refractivity contribution in [1.82, 2.24) is 0 Å². The highest BCUT2D eigenvalue weighted by Crippen LogP contribution is 2.44. The van der Waals surface area contributed by atoms with Gasteiger partial charge in [-0.05, 0) is 87.4 Å². The highest BCUT2D eigenvalue weighted by molar-refractivity contribution is 5.90. The number of esters is 1. The fraction of sp³-hybridized carbons (Fsp3) is 0.536. The first-order valence-electron chi connectivity index (χ1n) is 12.2. The lowest BCUT2D eigenvalue weighted by Crippen LogP contribution is -2.41. The van der Waals surface area contributed by atoms with Crippen LogP contribution in [0.2, 0.25) is 0 Å². The Morgan fingerprint density at radius 2 is 1.84 bits per heavy atom. The van der Waals surface area contributed by atoms with E-state index in [9.17, 15) is 4.79 Å². The number of carbonyl (C=O) groups is 1. The highest BCUT2D eigenvalue weighted by Gasteiger charge is 2.33. The molecule has 3 rings (SSSR count). The number of unbranched alkanes of at least 4 members (excludes halogenated alkanes) is 1. The van der Waals surface area contributed by atoms with Gasteiger partial charge in [0.25, 0.3) is 0 Å². The number of aryl methyl sites for hydroxylation is 1. The van der Waals surface area contributed by atoms with Crippen molar-refractivity contribution in [1.29, 1.82) is 0 Å². The summed E-state index contributed by atoms with van der Waals surface area (Å²) in [7, 11) is 0. The molecule has 2 aromatic carbocycles. The number of nitrogens with zero attached hydrogens (tertiary/aromatic N) is 2. The third kappa shape index (κ3) is 4.95. The summed E-state index contributed by atoms with van der Waals surface area (Å²) in [4.78, 5) is 17.1. The molecule has 0 spiro atoms. The quantitative estimate of drug-likeness (QED) is 0.417. The lowest BCUT2D eigenvalue weighted by Gasteiger charge is -2.43. The first kappa shape index (κ1) is 24.2. The van der Waals surface area contributed by atoms with E-state index in [0.29, 0.717) is 18.2 Å². The van der Waals surface area contributed by atoms with Gasteiger partial charge in [0.2, 0.25) is 0 Å². The van der Waals surface area contributed by atoms with E-state index in [4.69, 9.17) is 4.74 Å². The number of hydrogen-bond donors (Lipinski definition) is 0. The second-order valence-corrected chi connectivity index (χ2v) is 9.85. The molecule has 174 valence electrons. The molecule has 0 saturated carbocycles. The van der Waals surface area contributed by atoms with Crippen molar-refractivity contribution >= 4 is 23.0 Å². The summed E-state index contributed by atoms with van der Waals surface area (Å²) < 4.78 is 5.15. The Kier molecular flexibility index (Phi) is 7.53. The van der Waals surface area contributed by atoms with Gasteiger partial charge >= 0.3 is 5.97 Å². The molecular formula is C28H40N2O2. The normalized spacial score (nSPS) is 14.9. The zero-order valence-electron chi connectivity index (χ0n) is 21.0. The molecule has 1 aliphatic rings. The van der Waals surface area contributed by atoms with Crippen LogP contribution < -0.4 is 9.80 Å². The Bertz CT molecular complexity index is 931. The molecule has 1 aliphatic heterocycles. The van der Waals surface area contributed by atoms with Crippen LogP contribution in [0.5, 0.6) is 0 Å². The van der Waals surface area contributed by atoms with Gasteiger partial charge in [-0.1, -0.05) is 33.3 Å². The maximum Gasteiger partial charge on any atom is 0.338 e. The maximum atomic E-state index is 12.1. The molecule has 0 fully saturated rings. The van der Waals surface area contributed by atoms with Crippen LogP contribution in [0.3, 0.4) is 0 Å². The summed E-state index contributed by atoms with van der Waals surface area (Å²) in [6, 6.07) is 13.1. The molecule has 4 heteroatoms. The summed E-state index contributed by atoms with van der Waals surface area (Å²) in [6.45, 7) is 18.0. The Labute approximate surface area is 194 Å². The van der Waals surface area contributed by atoms with E-state index < -0.39 is 0 Å². The molecular weight excluding hydrogens is 396 g/mol. The van der Waals surface area contributed by atoms with Gasteiger partial charge < -0.3 is 14.5 Å². The van der Waals surface area contributed by atoms with Gasteiger partial charge in [-0.25, -0.2) is 4.79 Å². The van der Waals surface area contributed by atoms with E-state index in [1.807, 2.05) is 31.2 Å². The van der Waals surface area contributed by atoms with Crippen LogP contribution in [0.25, 0.3) is 0 Å². The minimum Gasteiger partial charge on any atom is -0.462 e. The Hall–Kier alpha value is -2.49. The van der Waals surface area contributed by atoms with Gasteiger partial charge in [0.1, 0.15) is 0 Å². The second-order valence-electron chi connectivity index (χ2n) is 9.85. The van der Waals surface area contributed by atoms with E-state index in [2.05, 4.69) is 63.5 Å². The number of anilines is 3. The van der Waals surface area contributed by atoms with E-state index in [1.165, 1.54) is 28.9 Å². The monoisotopic (exact) mass is 436 g/mol. The van der Waals surface area contributed by atoms with Crippen molar-refractivity contribution in [2.45, 2.75) is 79.2 Å². The Balaban J connectivity index is 2.06. The van der Waals surface area contributed by atoms with E-state index in [-0.39, 0.29) is 11.4 Å². The van der Waals surface area contributed by atoms with Crippen molar-refractivity contribution in [2.75, 3.05) is 29.5 Å². The predicted molar refractivity (Wildman–Crippen MR) is 136 cm³/mol. The number of hydrogen-bond acceptors (Lipinski definition) is 4. The molecule has 0 saturated heterocycles. The van der Waals surface area contributed by atoms with Crippen LogP contribution in [0, 0.1) is 6.92 Å². The number of rotatable bonds is 8. The van der Waals surface area contributed by atoms with Crippen LogP contribution in [0.1, 0.15) is 82.3 Å². The number of fused-ring (bicyclic) bond motifs is 1. The van der Waals surface area contributed by atoms with Crippen molar-refractivity contribution in [3.05, 3.63) is 53.1 Å². The molecule has 0 N–H and O–H groups in total. The summed E-state index contributed by atoms with van der Waals surface area (Å²) in [5.74, 6) is -0.265. The van der Waals surface area contributed by atoms with Crippen LogP contribution in [0.4, 0.5) is 17.1 Å². The van der Waals surface area contributed by atoms with Crippen molar-refractivity contribution < 1.29 is 9.53 Å². The number of benzene rings is 2. The lowest BCUT2D eigenvalue weighted by molar-refractivity contribution is 0.0526. The summed E-state index contributed by atoms with van der Waals surface area (Å²) in [5, 5.41) is 0. The van der Waals surface area contributed by atoms with Gasteiger partial charge in [-0.3, -0.25) is 0 Å². The molecule has 0 radical (unpaired) electrons. The average Bonchev–Trinajstić information content (AvgIpc) is 2.75. The van der Waals surface area contributed by atoms with Crippen molar-refractivity contribution in [2.24, 2.45) is 0 Å². The van der Waals surface area contributed by atoms with Gasteiger partial charge in [0.05, 0.1) is 12.2 Å². The molecule has 0 atom stereocenters. The standard InChI is InChI=1S/C28H40N2O2/c1-8-10-16-30(23-13-11-22(12-14-23)27(31)32-9-2)25-19-26-24(18-21(25)5)28(6,7)15-17-29(26)20(3)4/h11-14,18-20H,8-10,15-17H2,1-7H3. The smallest absolute Gasteiger partial charge is 0.338 e. The van der Waals surface area contributed by atoms with Crippen molar-refractivity contribution in [3.63, 3.8) is 0 Å². The molecule has 4 nitrogen and oxygen atoms in total. The summed E-state index contributed by atoms with van der Waals surface area (Å²) in [6.07, 6.45) is 3.41. The van der Waals surface area contributed by atoms with E-state index >= 15 is 0 Å². The minimum atomic E-state index is -0.265. The molecule has 0 unspecified atom stereocenters. The molecule has 32 heavy (non-hydrogen) atoms. The molecule has 0 bridgehead atoms. The number of ether oxygens (including phenoxy) is 1. The largest absolute Gasteiger partial charge is 0.462 e.